The Kier molecular flexibility index (Phi) is 5.97. The summed E-state index contributed by atoms with van der Waals surface area (Å²) in [5, 5.41) is 5.73. The third-order valence-electron chi connectivity index (χ3n) is 3.82. The zero-order valence-corrected chi connectivity index (χ0v) is 15.9. The number of unbranched alkanes of at least 4 members (excludes halogenated alkanes) is 1. The van der Waals surface area contributed by atoms with Gasteiger partial charge in [0.05, 0.1) is 17.8 Å². The summed E-state index contributed by atoms with van der Waals surface area (Å²) in [7, 11) is 0. The molecule has 0 radical (unpaired) electrons. The van der Waals surface area contributed by atoms with Gasteiger partial charge in [0.1, 0.15) is 10.8 Å². The Bertz CT molecular complexity index is 811. The lowest BCUT2D eigenvalue weighted by atomic mass is 10.1. The molecule has 0 bridgehead atoms. The second kappa shape index (κ2) is 8.39. The molecule has 4 nitrogen and oxygen atoms in total. The predicted molar refractivity (Wildman–Crippen MR) is 104 cm³/mol. The van der Waals surface area contributed by atoms with Gasteiger partial charge in [-0.1, -0.05) is 27.2 Å². The van der Waals surface area contributed by atoms with Crippen molar-refractivity contribution in [1.82, 2.24) is 14.6 Å². The largest absolute Gasteiger partial charge is 0.494 e. The fourth-order valence-electron chi connectivity index (χ4n) is 2.45. The van der Waals surface area contributed by atoms with Gasteiger partial charge in [-0.05, 0) is 42.7 Å². The molecule has 132 valence electrons. The average molecular weight is 356 g/mol. The minimum atomic E-state index is 0.634. The van der Waals surface area contributed by atoms with Crippen molar-refractivity contribution in [3.63, 3.8) is 0 Å². The summed E-state index contributed by atoms with van der Waals surface area (Å²) in [6, 6.07) is 10.3. The number of aromatic nitrogens is 3. The van der Waals surface area contributed by atoms with E-state index >= 15 is 0 Å². The van der Waals surface area contributed by atoms with Gasteiger partial charge in [-0.3, -0.25) is 0 Å². The summed E-state index contributed by atoms with van der Waals surface area (Å²) in [6.45, 7) is 7.38. The molecule has 0 N–H and O–H groups in total. The van der Waals surface area contributed by atoms with E-state index in [1.807, 2.05) is 29.0 Å². The van der Waals surface area contributed by atoms with Crippen LogP contribution in [-0.2, 0) is 0 Å². The molecule has 1 aromatic carbocycles. The highest BCUT2D eigenvalue weighted by molar-refractivity contribution is 7.99. The van der Waals surface area contributed by atoms with Crippen molar-refractivity contribution in [3.8, 4) is 17.0 Å². The van der Waals surface area contributed by atoms with Gasteiger partial charge in [-0.2, -0.15) is 5.10 Å². The van der Waals surface area contributed by atoms with Crippen molar-refractivity contribution >= 4 is 17.3 Å². The number of ether oxygens (including phenoxy) is 1. The second-order valence-electron chi connectivity index (χ2n) is 6.52. The number of nitrogens with zero attached hydrogens (tertiary/aromatic N) is 3. The number of benzene rings is 1. The molecule has 0 spiro atoms. The standard InChI is InChI=1S/C20H25N3OS/c1-4-5-12-24-17-8-6-16(7-9-17)18-13-19-20(25-14-15(2)3)21-10-11-23(19)22-18/h6-11,13,15H,4-5,12,14H2,1-3H3. The molecule has 5 heteroatoms. The highest BCUT2D eigenvalue weighted by atomic mass is 32.2. The molecule has 0 saturated carbocycles. The minimum absolute atomic E-state index is 0.634. The van der Waals surface area contributed by atoms with Crippen LogP contribution < -0.4 is 4.74 Å². The van der Waals surface area contributed by atoms with Gasteiger partial charge in [-0.15, -0.1) is 11.8 Å². The Balaban J connectivity index is 1.80. The van der Waals surface area contributed by atoms with Gasteiger partial charge in [0.25, 0.3) is 0 Å². The normalized spacial score (nSPS) is 11.4. The van der Waals surface area contributed by atoms with Gasteiger partial charge in [0.2, 0.25) is 0 Å². The van der Waals surface area contributed by atoms with Gasteiger partial charge >= 0.3 is 0 Å². The first-order chi connectivity index (χ1) is 12.2. The molecule has 0 atom stereocenters. The topological polar surface area (TPSA) is 39.4 Å². The predicted octanol–water partition coefficient (Wildman–Crippen LogP) is 5.32. The molecule has 3 aromatic rings. The van der Waals surface area contributed by atoms with Crippen LogP contribution in [0.15, 0.2) is 47.8 Å². The highest BCUT2D eigenvalue weighted by Gasteiger charge is 2.10. The molecule has 0 aliphatic heterocycles. The van der Waals surface area contributed by atoms with Crippen LogP contribution in [0.4, 0.5) is 0 Å². The lowest BCUT2D eigenvalue weighted by molar-refractivity contribution is 0.309. The first-order valence-electron chi connectivity index (χ1n) is 8.87. The fraction of sp³-hybridized carbons (Fsp3) is 0.400. The first kappa shape index (κ1) is 17.8. The van der Waals surface area contributed by atoms with Crippen LogP contribution in [0.25, 0.3) is 16.8 Å². The number of hydrogen-bond donors (Lipinski definition) is 0. The SMILES string of the molecule is CCCCOc1ccc(-c2cc3c(SCC(C)C)nccn3n2)cc1. The molecule has 0 aliphatic carbocycles. The molecule has 0 saturated heterocycles. The zero-order valence-electron chi connectivity index (χ0n) is 15.1. The van der Waals surface area contributed by atoms with Crippen LogP contribution in [0.1, 0.15) is 33.6 Å². The summed E-state index contributed by atoms with van der Waals surface area (Å²) in [5.41, 5.74) is 3.11. The van der Waals surface area contributed by atoms with Crippen LogP contribution >= 0.6 is 11.8 Å². The molecule has 25 heavy (non-hydrogen) atoms. The molecule has 2 aromatic heterocycles. The van der Waals surface area contributed by atoms with E-state index in [9.17, 15) is 0 Å². The Hall–Kier alpha value is -2.01. The minimum Gasteiger partial charge on any atom is -0.494 e. The average Bonchev–Trinajstić information content (AvgIpc) is 3.05. The molecular weight excluding hydrogens is 330 g/mol. The third kappa shape index (κ3) is 4.54. The van der Waals surface area contributed by atoms with Crippen molar-refractivity contribution in [2.45, 2.75) is 38.6 Å². The van der Waals surface area contributed by atoms with E-state index in [0.29, 0.717) is 5.92 Å². The van der Waals surface area contributed by atoms with E-state index in [1.165, 1.54) is 0 Å². The number of hydrogen-bond acceptors (Lipinski definition) is 4. The van der Waals surface area contributed by atoms with E-state index in [2.05, 4.69) is 44.0 Å². The molecule has 0 amide bonds. The Labute approximate surface area is 153 Å². The van der Waals surface area contributed by atoms with Crippen LogP contribution in [-0.4, -0.2) is 27.0 Å². The maximum Gasteiger partial charge on any atom is 0.122 e. The highest BCUT2D eigenvalue weighted by Crippen LogP contribution is 2.28. The molecular formula is C20H25N3OS. The molecule has 0 aliphatic rings. The molecule has 3 rings (SSSR count). The molecule has 0 fully saturated rings. The summed E-state index contributed by atoms with van der Waals surface area (Å²) in [6.07, 6.45) is 5.94. The van der Waals surface area contributed by atoms with Gasteiger partial charge in [0.15, 0.2) is 0 Å². The smallest absolute Gasteiger partial charge is 0.122 e. The van der Waals surface area contributed by atoms with Crippen molar-refractivity contribution in [1.29, 1.82) is 0 Å². The van der Waals surface area contributed by atoms with Crippen molar-refractivity contribution < 1.29 is 4.74 Å². The van der Waals surface area contributed by atoms with E-state index in [1.54, 1.807) is 11.8 Å². The fourth-order valence-corrected chi connectivity index (χ4v) is 3.38. The number of fused-ring (bicyclic) bond motifs is 1. The van der Waals surface area contributed by atoms with Crippen LogP contribution in [0.2, 0.25) is 0 Å². The van der Waals surface area contributed by atoms with E-state index in [0.717, 1.165) is 52.8 Å². The number of thioether (sulfide) groups is 1. The molecule has 2 heterocycles. The Morgan fingerprint density at radius 2 is 2.00 bits per heavy atom. The maximum atomic E-state index is 5.73. The maximum absolute atomic E-state index is 5.73. The monoisotopic (exact) mass is 355 g/mol. The lowest BCUT2D eigenvalue weighted by Gasteiger charge is -2.05. The summed E-state index contributed by atoms with van der Waals surface area (Å²) >= 11 is 1.79. The van der Waals surface area contributed by atoms with E-state index in [-0.39, 0.29) is 0 Å². The third-order valence-corrected chi connectivity index (χ3v) is 5.25. The Morgan fingerprint density at radius 1 is 1.20 bits per heavy atom. The Morgan fingerprint density at radius 3 is 2.72 bits per heavy atom. The van der Waals surface area contributed by atoms with Crippen molar-refractivity contribution in [2.24, 2.45) is 5.92 Å². The summed E-state index contributed by atoms with van der Waals surface area (Å²) < 4.78 is 7.64. The van der Waals surface area contributed by atoms with Crippen LogP contribution in [0.5, 0.6) is 5.75 Å². The summed E-state index contributed by atoms with van der Waals surface area (Å²) in [5.74, 6) is 2.60. The second-order valence-corrected chi connectivity index (χ2v) is 7.53. The summed E-state index contributed by atoms with van der Waals surface area (Å²) in [4.78, 5) is 4.52. The van der Waals surface area contributed by atoms with Crippen LogP contribution in [0, 0.1) is 5.92 Å². The van der Waals surface area contributed by atoms with Gasteiger partial charge in [0, 0.05) is 23.7 Å². The van der Waals surface area contributed by atoms with Crippen molar-refractivity contribution in [2.75, 3.05) is 12.4 Å². The first-order valence-corrected chi connectivity index (χ1v) is 9.86. The lowest BCUT2D eigenvalue weighted by Crippen LogP contribution is -1.96. The van der Waals surface area contributed by atoms with Crippen LogP contribution in [0.3, 0.4) is 0 Å². The van der Waals surface area contributed by atoms with Crippen molar-refractivity contribution in [3.05, 3.63) is 42.7 Å². The van der Waals surface area contributed by atoms with E-state index in [4.69, 9.17) is 9.84 Å². The zero-order chi connectivity index (χ0) is 17.6. The number of rotatable bonds is 8. The van der Waals surface area contributed by atoms with E-state index < -0.39 is 0 Å². The van der Waals surface area contributed by atoms with Gasteiger partial charge < -0.3 is 4.74 Å². The molecule has 0 unspecified atom stereocenters. The van der Waals surface area contributed by atoms with Gasteiger partial charge in [-0.25, -0.2) is 9.50 Å². The quantitative estimate of drug-likeness (QED) is 0.405.